The zero-order chi connectivity index (χ0) is 17.4. The summed E-state index contributed by atoms with van der Waals surface area (Å²) in [5, 5.41) is 19.0. The van der Waals surface area contributed by atoms with Crippen molar-refractivity contribution in [1.29, 1.82) is 0 Å². The fourth-order valence-electron chi connectivity index (χ4n) is 1.82. The highest BCUT2D eigenvalue weighted by atomic mass is 16.7. The molecule has 0 unspecified atom stereocenters. The van der Waals surface area contributed by atoms with Crippen LogP contribution in [0.3, 0.4) is 0 Å². The molecule has 0 fully saturated rings. The first-order valence-electron chi connectivity index (χ1n) is 7.56. The van der Waals surface area contributed by atoms with Crippen molar-refractivity contribution in [2.24, 2.45) is 0 Å². The van der Waals surface area contributed by atoms with Crippen LogP contribution in [-0.2, 0) is 16.1 Å². The van der Waals surface area contributed by atoms with Crippen molar-refractivity contribution in [3.05, 3.63) is 41.7 Å². The molecule has 7 heteroatoms. The lowest BCUT2D eigenvalue weighted by Gasteiger charge is -2.09. The Hall–Kier alpha value is -2.69. The third-order valence-corrected chi connectivity index (χ3v) is 2.94. The van der Waals surface area contributed by atoms with Crippen LogP contribution < -0.4 is 4.84 Å². The van der Waals surface area contributed by atoms with Gasteiger partial charge >= 0.3 is 0 Å². The van der Waals surface area contributed by atoms with E-state index in [0.29, 0.717) is 18.9 Å². The number of ether oxygens (including phenoxy) is 2. The molecule has 2 aromatic heterocycles. The molecule has 0 aliphatic rings. The molecule has 0 saturated heterocycles. The molecule has 0 aromatic carbocycles. The van der Waals surface area contributed by atoms with Crippen molar-refractivity contribution in [2.45, 2.75) is 26.7 Å². The zero-order valence-electron chi connectivity index (χ0n) is 13.6. The van der Waals surface area contributed by atoms with Gasteiger partial charge in [-0.3, -0.25) is 0 Å². The maximum absolute atomic E-state index is 9.48. The summed E-state index contributed by atoms with van der Waals surface area (Å²) >= 11 is 0. The maximum atomic E-state index is 9.48. The summed E-state index contributed by atoms with van der Waals surface area (Å²) in [5.41, 5.74) is 1.34. The van der Waals surface area contributed by atoms with E-state index in [0.717, 1.165) is 10.3 Å². The zero-order valence-corrected chi connectivity index (χ0v) is 13.6. The van der Waals surface area contributed by atoms with E-state index in [2.05, 4.69) is 16.8 Å². The largest absolute Gasteiger partial charge is 0.492 e. The Balaban J connectivity index is 1.95. The Bertz CT molecular complexity index is 675. The second-order valence-electron chi connectivity index (χ2n) is 4.68. The molecule has 128 valence electrons. The van der Waals surface area contributed by atoms with E-state index in [1.807, 2.05) is 13.8 Å². The second-order valence-corrected chi connectivity index (χ2v) is 4.68. The van der Waals surface area contributed by atoms with Gasteiger partial charge in [0, 0.05) is 37.1 Å². The molecule has 0 bridgehead atoms. The molecule has 0 aliphatic carbocycles. The van der Waals surface area contributed by atoms with Crippen molar-refractivity contribution < 1.29 is 24.5 Å². The van der Waals surface area contributed by atoms with Gasteiger partial charge in [0.15, 0.2) is 0 Å². The van der Waals surface area contributed by atoms with Gasteiger partial charge in [-0.2, -0.15) is 0 Å². The van der Waals surface area contributed by atoms with Crippen molar-refractivity contribution in [1.82, 2.24) is 9.71 Å². The van der Waals surface area contributed by atoms with E-state index in [9.17, 15) is 10.2 Å². The summed E-state index contributed by atoms with van der Waals surface area (Å²) in [6.07, 6.45) is 1.04. The summed E-state index contributed by atoms with van der Waals surface area (Å²) in [6, 6.07) is 6.21. The topological polar surface area (TPSA) is 86.0 Å². The molecular formula is C17H20N2O5. The molecular weight excluding hydrogens is 312 g/mol. The van der Waals surface area contributed by atoms with E-state index in [4.69, 9.17) is 14.3 Å². The van der Waals surface area contributed by atoms with Crippen LogP contribution in [0.1, 0.15) is 25.1 Å². The number of aromatic hydroxyl groups is 2. The molecule has 0 amide bonds. The van der Waals surface area contributed by atoms with E-state index >= 15 is 0 Å². The monoisotopic (exact) mass is 332 g/mol. The number of aromatic nitrogens is 2. The van der Waals surface area contributed by atoms with Crippen molar-refractivity contribution in [2.75, 3.05) is 13.2 Å². The van der Waals surface area contributed by atoms with Gasteiger partial charge in [-0.15, -0.1) is 4.73 Å². The minimum absolute atomic E-state index is 0.136. The van der Waals surface area contributed by atoms with Crippen LogP contribution in [0.15, 0.2) is 30.5 Å². The van der Waals surface area contributed by atoms with Gasteiger partial charge < -0.3 is 24.5 Å². The average Bonchev–Trinajstić information content (AvgIpc) is 2.90. The molecule has 0 radical (unpaired) electrons. The lowest BCUT2D eigenvalue weighted by atomic mass is 10.2. The molecule has 2 heterocycles. The molecule has 2 rings (SSSR count). The Kier molecular flexibility index (Phi) is 6.49. The van der Waals surface area contributed by atoms with Gasteiger partial charge in [0.25, 0.3) is 0 Å². The van der Waals surface area contributed by atoms with Crippen LogP contribution in [-0.4, -0.2) is 39.4 Å². The summed E-state index contributed by atoms with van der Waals surface area (Å²) in [4.78, 5) is 9.51. The number of hydrogen-bond acceptors (Lipinski definition) is 6. The number of pyridine rings is 1. The molecule has 0 aliphatic heterocycles. The molecule has 2 N–H and O–H groups in total. The smallest absolute Gasteiger partial charge is 0.229 e. The van der Waals surface area contributed by atoms with Crippen molar-refractivity contribution in [3.8, 4) is 23.6 Å². The predicted molar refractivity (Wildman–Crippen MR) is 86.2 cm³/mol. The predicted octanol–water partition coefficient (Wildman–Crippen LogP) is 1.67. The van der Waals surface area contributed by atoms with Crippen LogP contribution in [0.25, 0.3) is 0 Å². The SMILES string of the molecule is CCOC(C#Cc1ccc(COn2c(O)ccc2O)cn1)OCC. The first-order chi connectivity index (χ1) is 11.6. The van der Waals surface area contributed by atoms with Crippen LogP contribution in [0.5, 0.6) is 11.8 Å². The fraction of sp³-hybridized carbons (Fsp3) is 0.353. The van der Waals surface area contributed by atoms with E-state index < -0.39 is 6.29 Å². The molecule has 2 aromatic rings. The quantitative estimate of drug-likeness (QED) is 0.593. The van der Waals surface area contributed by atoms with Gasteiger partial charge in [-0.05, 0) is 31.8 Å². The third-order valence-electron chi connectivity index (χ3n) is 2.94. The van der Waals surface area contributed by atoms with Gasteiger partial charge in [-0.1, -0.05) is 6.07 Å². The Labute approximate surface area is 140 Å². The highest BCUT2D eigenvalue weighted by Crippen LogP contribution is 2.19. The standard InChI is InChI=1S/C17H20N2O5/c1-3-22-17(23-4-2)10-7-14-6-5-13(11-18-14)12-24-19-15(20)8-9-16(19)21/h5-6,8-9,11,17,20-21H,3-4,12H2,1-2H3. The Morgan fingerprint density at radius 1 is 1.08 bits per heavy atom. The summed E-state index contributed by atoms with van der Waals surface area (Å²) in [5.74, 6) is 5.40. The first kappa shape index (κ1) is 17.7. The Morgan fingerprint density at radius 2 is 1.75 bits per heavy atom. The molecule has 0 atom stereocenters. The first-order valence-corrected chi connectivity index (χ1v) is 7.56. The highest BCUT2D eigenvalue weighted by Gasteiger charge is 2.07. The summed E-state index contributed by atoms with van der Waals surface area (Å²) in [7, 11) is 0. The normalized spacial score (nSPS) is 10.5. The Morgan fingerprint density at radius 3 is 2.29 bits per heavy atom. The minimum Gasteiger partial charge on any atom is -0.492 e. The van der Waals surface area contributed by atoms with Gasteiger partial charge in [0.1, 0.15) is 12.3 Å². The molecule has 24 heavy (non-hydrogen) atoms. The van der Waals surface area contributed by atoms with Gasteiger partial charge in [-0.25, -0.2) is 4.98 Å². The van der Waals surface area contributed by atoms with Crippen LogP contribution in [0.2, 0.25) is 0 Å². The van der Waals surface area contributed by atoms with E-state index in [1.54, 1.807) is 18.3 Å². The second kappa shape index (κ2) is 8.82. The minimum atomic E-state index is -0.565. The molecule has 7 nitrogen and oxygen atoms in total. The third kappa shape index (κ3) is 4.91. The summed E-state index contributed by atoms with van der Waals surface area (Å²) < 4.78 is 11.6. The lowest BCUT2D eigenvalue weighted by molar-refractivity contribution is -0.0969. The average molecular weight is 332 g/mol. The molecule has 0 spiro atoms. The number of nitrogens with zero attached hydrogens (tertiary/aromatic N) is 2. The number of rotatable bonds is 7. The fourth-order valence-corrected chi connectivity index (χ4v) is 1.82. The lowest BCUT2D eigenvalue weighted by Crippen LogP contribution is -2.14. The van der Waals surface area contributed by atoms with Crippen molar-refractivity contribution in [3.63, 3.8) is 0 Å². The van der Waals surface area contributed by atoms with Gasteiger partial charge in [0.2, 0.25) is 18.1 Å². The van der Waals surface area contributed by atoms with E-state index in [-0.39, 0.29) is 18.4 Å². The van der Waals surface area contributed by atoms with E-state index in [1.165, 1.54) is 12.1 Å². The van der Waals surface area contributed by atoms with Gasteiger partial charge in [0.05, 0.1) is 0 Å². The summed E-state index contributed by atoms with van der Waals surface area (Å²) in [6.45, 7) is 4.92. The number of hydrogen-bond donors (Lipinski definition) is 2. The van der Waals surface area contributed by atoms with Crippen LogP contribution in [0.4, 0.5) is 0 Å². The van der Waals surface area contributed by atoms with Crippen LogP contribution in [0, 0.1) is 11.8 Å². The van der Waals surface area contributed by atoms with Crippen LogP contribution >= 0.6 is 0 Å². The molecule has 0 saturated carbocycles. The highest BCUT2D eigenvalue weighted by molar-refractivity contribution is 5.29. The van der Waals surface area contributed by atoms with Crippen molar-refractivity contribution >= 4 is 0 Å². The maximum Gasteiger partial charge on any atom is 0.229 e.